The topological polar surface area (TPSA) is 80.7 Å². The van der Waals surface area contributed by atoms with Crippen molar-refractivity contribution in [2.75, 3.05) is 11.9 Å². The maximum atomic E-state index is 11.4. The molecule has 6 nitrogen and oxygen atoms in total. The zero-order valence-corrected chi connectivity index (χ0v) is 14.3. The second-order valence-corrected chi connectivity index (χ2v) is 6.17. The van der Waals surface area contributed by atoms with Gasteiger partial charge < -0.3 is 5.32 Å². The number of carbonyl (C=O) groups excluding carboxylic acids is 1. The van der Waals surface area contributed by atoms with Crippen LogP contribution < -0.4 is 5.32 Å². The first kappa shape index (κ1) is 16.2. The van der Waals surface area contributed by atoms with E-state index in [1.54, 1.807) is 23.7 Å². The standard InChI is InChI=1S/C17H17N5OS/c1-11-15(12(2)23)9-20-17(21-11)19-7-5-14-10-24-16(22-14)13-4-3-6-18-8-13/h3-4,6,8-10H,5,7H2,1-2H3,(H,19,20,21). The van der Waals surface area contributed by atoms with E-state index in [1.165, 1.54) is 6.92 Å². The normalized spacial score (nSPS) is 10.6. The van der Waals surface area contributed by atoms with E-state index >= 15 is 0 Å². The van der Waals surface area contributed by atoms with Gasteiger partial charge in [-0.1, -0.05) is 0 Å². The number of ketones is 1. The van der Waals surface area contributed by atoms with Crippen LogP contribution in [0.2, 0.25) is 0 Å². The van der Waals surface area contributed by atoms with E-state index in [-0.39, 0.29) is 5.78 Å². The molecule has 0 saturated heterocycles. The van der Waals surface area contributed by atoms with Crippen LogP contribution in [0.4, 0.5) is 5.95 Å². The van der Waals surface area contributed by atoms with Crippen LogP contribution in [0.3, 0.4) is 0 Å². The van der Waals surface area contributed by atoms with Gasteiger partial charge in [0, 0.05) is 42.5 Å². The molecule has 122 valence electrons. The molecule has 0 fully saturated rings. The van der Waals surface area contributed by atoms with Gasteiger partial charge in [0.05, 0.1) is 17.0 Å². The fraction of sp³-hybridized carbons (Fsp3) is 0.235. The molecule has 0 aliphatic heterocycles. The summed E-state index contributed by atoms with van der Waals surface area (Å²) in [7, 11) is 0. The third-order valence-corrected chi connectivity index (χ3v) is 4.42. The average molecular weight is 339 g/mol. The van der Waals surface area contributed by atoms with E-state index in [9.17, 15) is 4.79 Å². The molecule has 3 heterocycles. The lowest BCUT2D eigenvalue weighted by molar-refractivity contribution is 0.101. The summed E-state index contributed by atoms with van der Waals surface area (Å²) in [5.41, 5.74) is 3.29. The van der Waals surface area contributed by atoms with Gasteiger partial charge in [0.1, 0.15) is 5.01 Å². The summed E-state index contributed by atoms with van der Waals surface area (Å²) in [4.78, 5) is 28.6. The molecule has 0 saturated carbocycles. The molecule has 3 aromatic heterocycles. The minimum atomic E-state index is -0.0237. The molecule has 0 unspecified atom stereocenters. The van der Waals surface area contributed by atoms with E-state index in [1.807, 2.05) is 25.3 Å². The Kier molecular flexibility index (Phi) is 4.90. The van der Waals surface area contributed by atoms with Crippen molar-refractivity contribution in [2.24, 2.45) is 0 Å². The Morgan fingerprint density at radius 1 is 1.29 bits per heavy atom. The van der Waals surface area contributed by atoms with Crippen LogP contribution in [0.15, 0.2) is 36.1 Å². The molecule has 0 atom stereocenters. The van der Waals surface area contributed by atoms with Crippen LogP contribution in [-0.2, 0) is 6.42 Å². The number of nitrogens with one attached hydrogen (secondary N) is 1. The van der Waals surface area contributed by atoms with Crippen molar-refractivity contribution in [1.29, 1.82) is 0 Å². The summed E-state index contributed by atoms with van der Waals surface area (Å²) in [6.07, 6.45) is 5.90. The highest BCUT2D eigenvalue weighted by atomic mass is 32.1. The summed E-state index contributed by atoms with van der Waals surface area (Å²) in [6, 6.07) is 3.91. The number of Topliss-reactive ketones (excluding diaryl/α,β-unsaturated/α-hetero) is 1. The molecule has 7 heteroatoms. The molecule has 0 spiro atoms. The van der Waals surface area contributed by atoms with Crippen LogP contribution in [-0.4, -0.2) is 32.3 Å². The number of pyridine rings is 1. The lowest BCUT2D eigenvalue weighted by atomic mass is 10.2. The molecular formula is C17H17N5OS. The second kappa shape index (κ2) is 7.27. The zero-order valence-electron chi connectivity index (χ0n) is 13.5. The van der Waals surface area contributed by atoms with Crippen molar-refractivity contribution < 1.29 is 4.79 Å². The molecule has 0 aliphatic rings. The molecule has 0 amide bonds. The SMILES string of the molecule is CC(=O)c1cnc(NCCc2csc(-c3cccnc3)n2)nc1C. The molecule has 24 heavy (non-hydrogen) atoms. The van der Waals surface area contributed by atoms with Crippen LogP contribution in [0.25, 0.3) is 10.6 Å². The molecule has 3 rings (SSSR count). The first-order valence-corrected chi connectivity index (χ1v) is 8.44. The zero-order chi connectivity index (χ0) is 16.9. The van der Waals surface area contributed by atoms with Crippen LogP contribution in [0.1, 0.15) is 28.7 Å². The molecule has 1 N–H and O–H groups in total. The van der Waals surface area contributed by atoms with Gasteiger partial charge in [0.25, 0.3) is 0 Å². The summed E-state index contributed by atoms with van der Waals surface area (Å²) in [6.45, 7) is 4.00. The third kappa shape index (κ3) is 3.80. The maximum absolute atomic E-state index is 11.4. The minimum absolute atomic E-state index is 0.0237. The fourth-order valence-electron chi connectivity index (χ4n) is 2.24. The number of hydrogen-bond acceptors (Lipinski definition) is 7. The lowest BCUT2D eigenvalue weighted by Crippen LogP contribution is -2.10. The summed E-state index contributed by atoms with van der Waals surface area (Å²) in [5.74, 6) is 0.504. The van der Waals surface area contributed by atoms with Crippen molar-refractivity contribution in [1.82, 2.24) is 19.9 Å². The maximum Gasteiger partial charge on any atom is 0.222 e. The second-order valence-electron chi connectivity index (χ2n) is 5.31. The quantitative estimate of drug-likeness (QED) is 0.695. The number of aromatic nitrogens is 4. The highest BCUT2D eigenvalue weighted by Gasteiger charge is 2.08. The molecule has 0 aromatic carbocycles. The van der Waals surface area contributed by atoms with Gasteiger partial charge in [-0.3, -0.25) is 9.78 Å². The van der Waals surface area contributed by atoms with Gasteiger partial charge in [0.15, 0.2) is 5.78 Å². The Morgan fingerprint density at radius 2 is 2.17 bits per heavy atom. The van der Waals surface area contributed by atoms with Crippen molar-refractivity contribution >= 4 is 23.1 Å². The lowest BCUT2D eigenvalue weighted by Gasteiger charge is -2.06. The van der Waals surface area contributed by atoms with E-state index in [4.69, 9.17) is 0 Å². The van der Waals surface area contributed by atoms with Gasteiger partial charge in [-0.25, -0.2) is 15.0 Å². The van der Waals surface area contributed by atoms with Gasteiger partial charge in [-0.15, -0.1) is 11.3 Å². The Bertz CT molecular complexity index is 847. The van der Waals surface area contributed by atoms with Gasteiger partial charge in [0.2, 0.25) is 5.95 Å². The van der Waals surface area contributed by atoms with Crippen LogP contribution in [0, 0.1) is 6.92 Å². The highest BCUT2D eigenvalue weighted by molar-refractivity contribution is 7.13. The predicted octanol–water partition coefficient (Wildman–Crippen LogP) is 3.16. The van der Waals surface area contributed by atoms with Gasteiger partial charge in [-0.05, 0) is 26.0 Å². The smallest absolute Gasteiger partial charge is 0.222 e. The molecule has 0 aliphatic carbocycles. The number of anilines is 1. The number of carbonyl (C=O) groups is 1. The first-order chi connectivity index (χ1) is 11.6. The van der Waals surface area contributed by atoms with E-state index < -0.39 is 0 Å². The molecular weight excluding hydrogens is 322 g/mol. The molecule has 0 bridgehead atoms. The monoisotopic (exact) mass is 339 g/mol. The van der Waals surface area contributed by atoms with Crippen molar-refractivity contribution in [3.05, 3.63) is 53.1 Å². The third-order valence-electron chi connectivity index (χ3n) is 3.48. The van der Waals surface area contributed by atoms with E-state index in [0.717, 1.165) is 22.7 Å². The largest absolute Gasteiger partial charge is 0.354 e. The van der Waals surface area contributed by atoms with Gasteiger partial charge >= 0.3 is 0 Å². The first-order valence-electron chi connectivity index (χ1n) is 7.57. The summed E-state index contributed by atoms with van der Waals surface area (Å²) >= 11 is 1.61. The van der Waals surface area contributed by atoms with Crippen molar-refractivity contribution in [3.8, 4) is 10.6 Å². The van der Waals surface area contributed by atoms with Crippen LogP contribution >= 0.6 is 11.3 Å². The Labute approximate surface area is 144 Å². The highest BCUT2D eigenvalue weighted by Crippen LogP contribution is 2.22. The Balaban J connectivity index is 1.58. The number of thiazole rings is 1. The Morgan fingerprint density at radius 3 is 2.88 bits per heavy atom. The number of hydrogen-bond donors (Lipinski definition) is 1. The van der Waals surface area contributed by atoms with E-state index in [0.29, 0.717) is 23.8 Å². The summed E-state index contributed by atoms with van der Waals surface area (Å²) < 4.78 is 0. The fourth-order valence-corrected chi connectivity index (χ4v) is 3.09. The number of aryl methyl sites for hydroxylation is 1. The van der Waals surface area contributed by atoms with Gasteiger partial charge in [-0.2, -0.15) is 0 Å². The predicted molar refractivity (Wildman–Crippen MR) is 94.3 cm³/mol. The molecule has 0 radical (unpaired) electrons. The molecule has 3 aromatic rings. The van der Waals surface area contributed by atoms with E-state index in [2.05, 4.69) is 30.6 Å². The summed E-state index contributed by atoms with van der Waals surface area (Å²) in [5, 5.41) is 6.19. The van der Waals surface area contributed by atoms with Crippen molar-refractivity contribution in [2.45, 2.75) is 20.3 Å². The number of rotatable bonds is 6. The Hall–Kier alpha value is -2.67. The van der Waals surface area contributed by atoms with Crippen LogP contribution in [0.5, 0.6) is 0 Å². The van der Waals surface area contributed by atoms with Crippen molar-refractivity contribution in [3.63, 3.8) is 0 Å². The average Bonchev–Trinajstić information content (AvgIpc) is 3.04. The number of nitrogens with zero attached hydrogens (tertiary/aromatic N) is 4. The minimum Gasteiger partial charge on any atom is -0.354 e.